The number of hydrogen-bond donors (Lipinski definition) is 1. The van der Waals surface area contributed by atoms with Gasteiger partial charge < -0.3 is 5.11 Å². The zero-order chi connectivity index (χ0) is 25.2. The van der Waals surface area contributed by atoms with Crippen molar-refractivity contribution < 1.29 is 14.7 Å². The molecule has 2 heterocycles. The number of thiocarbonyl (C=S) groups is 1. The lowest BCUT2D eigenvalue weighted by Gasteiger charge is -2.20. The standard InChI is InChI=1S/C24H22ClN3O4S2/c1-4-13(2)28-21(30)17(12-26)14(3)20(23(28)32)18(29)9-10-27-22(31)19(34-24(27)33)11-15-5-7-16(25)8-6-15/h5-8,11,13,32H,4,9-10H2,1-3H3/b19-11-. The van der Waals surface area contributed by atoms with Crippen molar-refractivity contribution in [3.05, 3.63) is 66.8 Å². The first kappa shape index (κ1) is 25.7. The van der Waals surface area contributed by atoms with Crippen LogP contribution in [0.1, 0.15) is 59.8 Å². The van der Waals surface area contributed by atoms with Crippen LogP contribution in [-0.2, 0) is 4.79 Å². The number of thioether (sulfide) groups is 1. The van der Waals surface area contributed by atoms with Gasteiger partial charge in [-0.3, -0.25) is 23.9 Å². The largest absolute Gasteiger partial charge is 0.494 e. The molecule has 0 aliphatic carbocycles. The van der Waals surface area contributed by atoms with Gasteiger partial charge in [-0.15, -0.1) is 0 Å². The molecule has 1 aliphatic rings. The molecule has 1 atom stereocenters. The average molecular weight is 516 g/mol. The molecule has 2 aromatic rings. The fourth-order valence-corrected chi connectivity index (χ4v) is 5.02. The van der Waals surface area contributed by atoms with Crippen molar-refractivity contribution in [2.75, 3.05) is 6.54 Å². The fourth-order valence-electron chi connectivity index (χ4n) is 3.59. The summed E-state index contributed by atoms with van der Waals surface area (Å²) < 4.78 is 1.40. The summed E-state index contributed by atoms with van der Waals surface area (Å²) in [5.41, 5.74) is 0.0182. The van der Waals surface area contributed by atoms with Crippen LogP contribution in [0.3, 0.4) is 0 Å². The van der Waals surface area contributed by atoms with Gasteiger partial charge in [0.1, 0.15) is 16.0 Å². The second-order valence-corrected chi connectivity index (χ2v) is 9.91. The third kappa shape index (κ3) is 4.94. The zero-order valence-corrected chi connectivity index (χ0v) is 21.2. The summed E-state index contributed by atoms with van der Waals surface area (Å²) in [6, 6.07) is 8.44. The maximum absolute atomic E-state index is 13.1. The van der Waals surface area contributed by atoms with Gasteiger partial charge in [-0.1, -0.05) is 54.6 Å². The molecule has 3 rings (SSSR count). The minimum Gasteiger partial charge on any atom is -0.494 e. The normalized spacial score (nSPS) is 15.6. The Morgan fingerprint density at radius 3 is 2.56 bits per heavy atom. The van der Waals surface area contributed by atoms with Crippen LogP contribution >= 0.6 is 35.6 Å². The molecule has 1 aromatic heterocycles. The molecular formula is C24H22ClN3O4S2. The highest BCUT2D eigenvalue weighted by molar-refractivity contribution is 8.26. The molecule has 0 bridgehead atoms. The number of aromatic hydroxyl groups is 1. The minimum atomic E-state index is -0.632. The first-order valence-electron chi connectivity index (χ1n) is 10.5. The highest BCUT2D eigenvalue weighted by atomic mass is 35.5. The van der Waals surface area contributed by atoms with E-state index in [-0.39, 0.29) is 35.6 Å². The third-order valence-corrected chi connectivity index (χ3v) is 7.29. The summed E-state index contributed by atoms with van der Waals surface area (Å²) in [6.07, 6.45) is 2.08. The van der Waals surface area contributed by atoms with Crippen molar-refractivity contribution in [3.63, 3.8) is 0 Å². The van der Waals surface area contributed by atoms with Gasteiger partial charge in [0.25, 0.3) is 11.5 Å². The number of carbonyl (C=O) groups excluding carboxylic acids is 2. The highest BCUT2D eigenvalue weighted by Gasteiger charge is 2.33. The van der Waals surface area contributed by atoms with E-state index in [2.05, 4.69) is 0 Å². The number of aromatic nitrogens is 1. The molecule has 176 valence electrons. The molecule has 1 fully saturated rings. The monoisotopic (exact) mass is 515 g/mol. The van der Waals surface area contributed by atoms with E-state index in [1.165, 1.54) is 11.8 Å². The number of halogens is 1. The lowest BCUT2D eigenvalue weighted by molar-refractivity contribution is -0.122. The Balaban J connectivity index is 1.85. The minimum absolute atomic E-state index is 0.00465. The van der Waals surface area contributed by atoms with Crippen LogP contribution in [0, 0.1) is 18.3 Å². The van der Waals surface area contributed by atoms with E-state index in [1.807, 2.05) is 13.0 Å². The van der Waals surface area contributed by atoms with E-state index in [1.54, 1.807) is 37.3 Å². The van der Waals surface area contributed by atoms with Crippen LogP contribution in [0.25, 0.3) is 6.08 Å². The van der Waals surface area contributed by atoms with Crippen LogP contribution in [0.15, 0.2) is 34.0 Å². The van der Waals surface area contributed by atoms with Crippen molar-refractivity contribution in [1.29, 1.82) is 5.26 Å². The van der Waals surface area contributed by atoms with E-state index in [0.29, 0.717) is 20.7 Å². The molecule has 1 aromatic carbocycles. The van der Waals surface area contributed by atoms with Crippen molar-refractivity contribution in [2.45, 2.75) is 39.7 Å². The van der Waals surface area contributed by atoms with Gasteiger partial charge >= 0.3 is 0 Å². The molecule has 10 heteroatoms. The average Bonchev–Trinajstić information content (AvgIpc) is 3.06. The Morgan fingerprint density at radius 1 is 1.32 bits per heavy atom. The smallest absolute Gasteiger partial charge is 0.271 e. The number of nitrogens with zero attached hydrogens (tertiary/aromatic N) is 3. The number of ketones is 1. The van der Waals surface area contributed by atoms with E-state index in [9.17, 15) is 24.8 Å². The van der Waals surface area contributed by atoms with Gasteiger partial charge in [-0.2, -0.15) is 5.26 Å². The SMILES string of the molecule is CCC(C)n1c(O)c(C(=O)CCN2C(=O)/C(=C/c3ccc(Cl)cc3)SC2=S)c(C)c(C#N)c1=O. The predicted octanol–water partition coefficient (Wildman–Crippen LogP) is 4.83. The van der Waals surface area contributed by atoms with Gasteiger partial charge in [0.05, 0.1) is 10.5 Å². The summed E-state index contributed by atoms with van der Waals surface area (Å²) in [6.45, 7) is 5.02. The number of carbonyl (C=O) groups is 2. The molecular weight excluding hydrogens is 494 g/mol. The number of hydrogen-bond acceptors (Lipinski definition) is 7. The summed E-state index contributed by atoms with van der Waals surface area (Å²) in [4.78, 5) is 40.4. The van der Waals surface area contributed by atoms with E-state index in [0.717, 1.165) is 21.9 Å². The summed E-state index contributed by atoms with van der Waals surface area (Å²) in [5, 5.41) is 20.8. The number of Topliss-reactive ketones (excluding diaryl/α,β-unsaturated/α-hetero) is 1. The number of amides is 1. The Kier molecular flexibility index (Phi) is 7.97. The van der Waals surface area contributed by atoms with Crippen LogP contribution in [0.5, 0.6) is 5.88 Å². The van der Waals surface area contributed by atoms with Crippen LogP contribution in [0.2, 0.25) is 5.02 Å². The topological polar surface area (TPSA) is 103 Å². The number of benzene rings is 1. The third-order valence-electron chi connectivity index (χ3n) is 5.66. The lowest BCUT2D eigenvalue weighted by atomic mass is 9.99. The molecule has 34 heavy (non-hydrogen) atoms. The second kappa shape index (κ2) is 10.6. The number of rotatable bonds is 7. The van der Waals surface area contributed by atoms with Crippen LogP contribution in [-0.4, -0.2) is 37.1 Å². The van der Waals surface area contributed by atoms with Crippen molar-refractivity contribution in [3.8, 4) is 11.9 Å². The maximum Gasteiger partial charge on any atom is 0.271 e. The summed E-state index contributed by atoms with van der Waals surface area (Å²) >= 11 is 12.4. The molecule has 0 saturated carbocycles. The molecule has 1 unspecified atom stereocenters. The van der Waals surface area contributed by atoms with Gasteiger partial charge in [0.15, 0.2) is 5.78 Å². The Morgan fingerprint density at radius 2 is 1.97 bits per heavy atom. The van der Waals surface area contributed by atoms with Gasteiger partial charge in [0.2, 0.25) is 5.88 Å². The summed E-state index contributed by atoms with van der Waals surface area (Å²) in [7, 11) is 0. The molecule has 0 radical (unpaired) electrons. The number of pyridine rings is 1. The quantitative estimate of drug-likeness (QED) is 0.320. The Bertz CT molecular complexity index is 1310. The van der Waals surface area contributed by atoms with Crippen LogP contribution < -0.4 is 5.56 Å². The van der Waals surface area contributed by atoms with E-state index < -0.39 is 23.3 Å². The van der Waals surface area contributed by atoms with Crippen molar-refractivity contribution in [1.82, 2.24) is 9.47 Å². The number of nitriles is 1. The Hall–Kier alpha value is -2.93. The van der Waals surface area contributed by atoms with Crippen molar-refractivity contribution >= 4 is 57.7 Å². The van der Waals surface area contributed by atoms with Gasteiger partial charge in [-0.25, -0.2) is 0 Å². The molecule has 0 spiro atoms. The van der Waals surface area contributed by atoms with E-state index in [4.69, 9.17) is 23.8 Å². The lowest BCUT2D eigenvalue weighted by Crippen LogP contribution is -2.32. The second-order valence-electron chi connectivity index (χ2n) is 7.80. The van der Waals surface area contributed by atoms with Crippen molar-refractivity contribution in [2.24, 2.45) is 0 Å². The molecule has 1 aliphatic heterocycles. The molecule has 1 amide bonds. The van der Waals surface area contributed by atoms with Crippen LogP contribution in [0.4, 0.5) is 0 Å². The predicted molar refractivity (Wildman–Crippen MR) is 137 cm³/mol. The highest BCUT2D eigenvalue weighted by Crippen LogP contribution is 2.33. The first-order valence-corrected chi connectivity index (χ1v) is 12.1. The fraction of sp³-hybridized carbons (Fsp3) is 0.292. The molecule has 1 saturated heterocycles. The first-order chi connectivity index (χ1) is 16.1. The summed E-state index contributed by atoms with van der Waals surface area (Å²) in [5.74, 6) is -1.27. The zero-order valence-electron chi connectivity index (χ0n) is 18.8. The van der Waals surface area contributed by atoms with Gasteiger partial charge in [0, 0.05) is 24.0 Å². The molecule has 1 N–H and O–H groups in total. The van der Waals surface area contributed by atoms with Gasteiger partial charge in [-0.05, 0) is 49.6 Å². The Labute approximate surface area is 211 Å². The maximum atomic E-state index is 13.1. The molecule has 7 nitrogen and oxygen atoms in total. The van der Waals surface area contributed by atoms with E-state index >= 15 is 0 Å².